The summed E-state index contributed by atoms with van der Waals surface area (Å²) in [5.74, 6) is 0.812. The van der Waals surface area contributed by atoms with Crippen molar-refractivity contribution in [1.29, 1.82) is 0 Å². The molecule has 6 heteroatoms. The van der Waals surface area contributed by atoms with Crippen LogP contribution in [0.15, 0.2) is 52.5 Å². The monoisotopic (exact) mass is 339 g/mol. The quantitative estimate of drug-likeness (QED) is 0.566. The van der Waals surface area contributed by atoms with Gasteiger partial charge in [0.2, 0.25) is 5.91 Å². The lowest BCUT2D eigenvalue weighted by Gasteiger charge is -2.23. The van der Waals surface area contributed by atoms with Gasteiger partial charge < -0.3 is 9.32 Å². The molecule has 0 aliphatic carbocycles. The number of para-hydroxylation sites is 1. The Morgan fingerprint density at radius 3 is 3.04 bits per heavy atom. The van der Waals surface area contributed by atoms with Gasteiger partial charge >= 0.3 is 0 Å². The average molecular weight is 339 g/mol. The summed E-state index contributed by atoms with van der Waals surface area (Å²) >= 11 is 1.56. The van der Waals surface area contributed by atoms with Crippen LogP contribution in [0, 0.1) is 0 Å². The number of likely N-dealkylation sites (N-methyl/N-ethyl adjacent to an activating group) is 1. The minimum Gasteiger partial charge on any atom is -0.459 e. The van der Waals surface area contributed by atoms with E-state index in [1.165, 1.54) is 0 Å². The number of rotatable bonds is 4. The van der Waals surface area contributed by atoms with Crippen LogP contribution in [0.4, 0.5) is 0 Å². The van der Waals surface area contributed by atoms with Gasteiger partial charge in [-0.3, -0.25) is 9.20 Å². The first-order valence-corrected chi connectivity index (χ1v) is 8.65. The normalized spacial score (nSPS) is 12.8. The van der Waals surface area contributed by atoms with Gasteiger partial charge in [-0.15, -0.1) is 11.3 Å². The largest absolute Gasteiger partial charge is 0.459 e. The van der Waals surface area contributed by atoms with E-state index in [1.807, 2.05) is 59.4 Å². The topological polar surface area (TPSA) is 50.8 Å². The third-order valence-corrected chi connectivity index (χ3v) is 5.08. The van der Waals surface area contributed by atoms with Gasteiger partial charge in [-0.05, 0) is 19.1 Å². The molecule has 0 N–H and O–H groups in total. The maximum Gasteiger partial charge on any atom is 0.229 e. The summed E-state index contributed by atoms with van der Waals surface area (Å²) in [6.45, 7) is 1.97. The first-order chi connectivity index (χ1) is 11.6. The molecule has 0 saturated heterocycles. The molecule has 0 aliphatic rings. The predicted molar refractivity (Wildman–Crippen MR) is 94.2 cm³/mol. The Balaban J connectivity index is 1.51. The smallest absolute Gasteiger partial charge is 0.229 e. The Kier molecular flexibility index (Phi) is 3.61. The second-order valence-electron chi connectivity index (χ2n) is 5.87. The molecule has 1 atom stereocenters. The molecular formula is C18H17N3O2S. The van der Waals surface area contributed by atoms with Crippen LogP contribution in [-0.2, 0) is 11.2 Å². The lowest BCUT2D eigenvalue weighted by molar-refractivity contribution is -0.131. The molecule has 4 rings (SSSR count). The van der Waals surface area contributed by atoms with Crippen LogP contribution in [0.25, 0.3) is 15.9 Å². The molecule has 122 valence electrons. The Morgan fingerprint density at radius 1 is 1.42 bits per heavy atom. The zero-order valence-electron chi connectivity index (χ0n) is 13.5. The zero-order chi connectivity index (χ0) is 16.7. The van der Waals surface area contributed by atoms with E-state index >= 15 is 0 Å². The van der Waals surface area contributed by atoms with Gasteiger partial charge in [-0.25, -0.2) is 4.98 Å². The lowest BCUT2D eigenvalue weighted by Crippen LogP contribution is -2.30. The molecular weight excluding hydrogens is 322 g/mol. The van der Waals surface area contributed by atoms with Crippen LogP contribution in [0.1, 0.15) is 24.4 Å². The van der Waals surface area contributed by atoms with Gasteiger partial charge in [-0.1, -0.05) is 18.2 Å². The number of hydrogen-bond acceptors (Lipinski definition) is 4. The molecule has 24 heavy (non-hydrogen) atoms. The minimum absolute atomic E-state index is 0.0220. The lowest BCUT2D eigenvalue weighted by atomic mass is 10.2. The predicted octanol–water partition coefficient (Wildman–Crippen LogP) is 3.90. The van der Waals surface area contributed by atoms with Crippen molar-refractivity contribution in [3.63, 3.8) is 0 Å². The van der Waals surface area contributed by atoms with E-state index in [2.05, 4.69) is 4.98 Å². The van der Waals surface area contributed by atoms with Crippen molar-refractivity contribution in [2.75, 3.05) is 7.05 Å². The molecule has 1 amide bonds. The highest BCUT2D eigenvalue weighted by Gasteiger charge is 2.21. The summed E-state index contributed by atoms with van der Waals surface area (Å²) in [7, 11) is 1.80. The molecule has 0 bridgehead atoms. The Hall–Kier alpha value is -2.60. The average Bonchev–Trinajstić information content (AvgIpc) is 3.26. The first kappa shape index (κ1) is 15.0. The van der Waals surface area contributed by atoms with Crippen molar-refractivity contribution in [1.82, 2.24) is 14.3 Å². The van der Waals surface area contributed by atoms with Crippen LogP contribution in [0.2, 0.25) is 0 Å². The fourth-order valence-corrected chi connectivity index (χ4v) is 3.47. The van der Waals surface area contributed by atoms with Gasteiger partial charge in [0.15, 0.2) is 4.96 Å². The molecule has 0 radical (unpaired) electrons. The molecule has 0 aliphatic heterocycles. The van der Waals surface area contributed by atoms with E-state index in [4.69, 9.17) is 4.42 Å². The number of benzene rings is 1. The summed E-state index contributed by atoms with van der Waals surface area (Å²) in [6, 6.07) is 9.73. The molecule has 1 unspecified atom stereocenters. The Morgan fingerprint density at radius 2 is 2.25 bits per heavy atom. The third-order valence-electron chi connectivity index (χ3n) is 4.31. The fourth-order valence-electron chi connectivity index (χ4n) is 2.76. The zero-order valence-corrected chi connectivity index (χ0v) is 14.3. The minimum atomic E-state index is -0.131. The maximum absolute atomic E-state index is 12.6. The number of carbonyl (C=O) groups excluding carboxylic acids is 1. The van der Waals surface area contributed by atoms with E-state index in [1.54, 1.807) is 23.3 Å². The molecule has 4 aromatic rings. The molecule has 1 aromatic carbocycles. The number of thiazole rings is 1. The Labute approximate surface area is 143 Å². The van der Waals surface area contributed by atoms with Crippen molar-refractivity contribution in [2.45, 2.75) is 19.4 Å². The molecule has 0 saturated carbocycles. The third kappa shape index (κ3) is 2.59. The summed E-state index contributed by atoms with van der Waals surface area (Å²) in [5.41, 5.74) is 1.63. The second kappa shape index (κ2) is 5.79. The van der Waals surface area contributed by atoms with Crippen LogP contribution < -0.4 is 0 Å². The number of nitrogens with zero attached hydrogens (tertiary/aromatic N) is 3. The molecule has 0 fully saturated rings. The summed E-state index contributed by atoms with van der Waals surface area (Å²) < 4.78 is 7.82. The van der Waals surface area contributed by atoms with Crippen molar-refractivity contribution in [2.24, 2.45) is 0 Å². The number of hydrogen-bond donors (Lipinski definition) is 0. The highest BCUT2D eigenvalue weighted by molar-refractivity contribution is 7.15. The molecule has 0 spiro atoms. The molecule has 3 aromatic heterocycles. The van der Waals surface area contributed by atoms with E-state index in [9.17, 15) is 4.79 Å². The SMILES string of the molecule is CC(c1cc2ccccc2o1)N(C)C(=O)Cc1cn2ccsc2n1. The summed E-state index contributed by atoms with van der Waals surface area (Å²) in [6.07, 6.45) is 4.14. The molecule has 3 heterocycles. The van der Waals surface area contributed by atoms with Gasteiger partial charge in [0, 0.05) is 30.2 Å². The van der Waals surface area contributed by atoms with Crippen LogP contribution in [-0.4, -0.2) is 27.2 Å². The number of fused-ring (bicyclic) bond motifs is 2. The number of aromatic nitrogens is 2. The van der Waals surface area contributed by atoms with Gasteiger partial charge in [0.1, 0.15) is 11.3 Å². The van der Waals surface area contributed by atoms with Gasteiger partial charge in [0.25, 0.3) is 0 Å². The van der Waals surface area contributed by atoms with Gasteiger partial charge in [0.05, 0.1) is 18.2 Å². The van der Waals surface area contributed by atoms with Crippen LogP contribution in [0.5, 0.6) is 0 Å². The number of amides is 1. The van der Waals surface area contributed by atoms with Crippen molar-refractivity contribution >= 4 is 33.2 Å². The second-order valence-corrected chi connectivity index (χ2v) is 6.74. The van der Waals surface area contributed by atoms with Crippen LogP contribution >= 0.6 is 11.3 Å². The summed E-state index contributed by atoms with van der Waals surface area (Å²) in [5, 5.41) is 3.03. The molecule has 5 nitrogen and oxygen atoms in total. The standard InChI is InChI=1S/C18H17N3O2S/c1-12(16-9-13-5-3-4-6-15(13)23-16)20(2)17(22)10-14-11-21-7-8-24-18(21)19-14/h3-9,11-12H,10H2,1-2H3. The maximum atomic E-state index is 12.6. The van der Waals surface area contributed by atoms with Crippen molar-refractivity contribution in [3.8, 4) is 0 Å². The van der Waals surface area contributed by atoms with E-state index < -0.39 is 0 Å². The number of imidazole rings is 1. The number of furan rings is 1. The summed E-state index contributed by atoms with van der Waals surface area (Å²) in [4.78, 5) is 19.7. The van der Waals surface area contributed by atoms with Crippen molar-refractivity contribution in [3.05, 3.63) is 59.6 Å². The van der Waals surface area contributed by atoms with E-state index in [0.717, 1.165) is 27.4 Å². The number of carbonyl (C=O) groups is 1. The van der Waals surface area contributed by atoms with Gasteiger partial charge in [-0.2, -0.15) is 0 Å². The van der Waals surface area contributed by atoms with E-state index in [0.29, 0.717) is 0 Å². The highest BCUT2D eigenvalue weighted by Crippen LogP contribution is 2.27. The van der Waals surface area contributed by atoms with Crippen molar-refractivity contribution < 1.29 is 9.21 Å². The Bertz CT molecular complexity index is 952. The highest BCUT2D eigenvalue weighted by atomic mass is 32.1. The van der Waals surface area contributed by atoms with Crippen LogP contribution in [0.3, 0.4) is 0 Å². The van der Waals surface area contributed by atoms with E-state index in [-0.39, 0.29) is 18.4 Å². The fraction of sp³-hybridized carbons (Fsp3) is 0.222. The first-order valence-electron chi connectivity index (χ1n) is 7.77.